The molecule has 1 aliphatic heterocycles. The number of thiazole rings is 1. The Labute approximate surface area is 102 Å². The third kappa shape index (κ3) is 2.81. The van der Waals surface area contributed by atoms with Crippen molar-refractivity contribution in [2.24, 2.45) is 5.92 Å². The largest absolute Gasteiger partial charge is 0.309 e. The molecule has 0 amide bonds. The predicted octanol–water partition coefficient (Wildman–Crippen LogP) is 1.88. The fraction of sp³-hybridized carbons (Fsp3) is 0.750. The molecule has 4 heteroatoms. The molecule has 1 fully saturated rings. The van der Waals surface area contributed by atoms with Gasteiger partial charge in [0.2, 0.25) is 0 Å². The first-order chi connectivity index (χ1) is 7.66. The molecule has 3 nitrogen and oxygen atoms in total. The minimum atomic E-state index is 0.665. The van der Waals surface area contributed by atoms with Crippen LogP contribution in [0.15, 0.2) is 5.51 Å². The van der Waals surface area contributed by atoms with Gasteiger partial charge in [-0.25, -0.2) is 4.98 Å². The highest BCUT2D eigenvalue weighted by Gasteiger charge is 2.23. The molecule has 1 aliphatic rings. The van der Waals surface area contributed by atoms with E-state index in [1.807, 2.05) is 5.51 Å². The number of aryl methyl sites for hydroxylation is 1. The summed E-state index contributed by atoms with van der Waals surface area (Å²) in [6.07, 6.45) is 1.26. The Balaban J connectivity index is 1.84. The highest BCUT2D eigenvalue weighted by atomic mass is 32.1. The van der Waals surface area contributed by atoms with Crippen LogP contribution in [-0.2, 0) is 6.54 Å². The van der Waals surface area contributed by atoms with Gasteiger partial charge in [0, 0.05) is 24.0 Å². The Morgan fingerprint density at radius 2 is 2.44 bits per heavy atom. The number of hydrogen-bond acceptors (Lipinski definition) is 4. The van der Waals surface area contributed by atoms with E-state index >= 15 is 0 Å². The van der Waals surface area contributed by atoms with Crippen molar-refractivity contribution < 1.29 is 0 Å². The van der Waals surface area contributed by atoms with Crippen LogP contribution in [0.5, 0.6) is 0 Å². The summed E-state index contributed by atoms with van der Waals surface area (Å²) < 4.78 is 0. The van der Waals surface area contributed by atoms with Crippen molar-refractivity contribution in [3.8, 4) is 0 Å². The minimum Gasteiger partial charge on any atom is -0.309 e. The lowest BCUT2D eigenvalue weighted by molar-refractivity contribution is 0.174. The SMILES string of the molecule is Cc1ncsc1CNC1CCN(C)CC1C. The van der Waals surface area contributed by atoms with Crippen molar-refractivity contribution in [2.75, 3.05) is 20.1 Å². The monoisotopic (exact) mass is 239 g/mol. The molecule has 0 radical (unpaired) electrons. The van der Waals surface area contributed by atoms with Crippen molar-refractivity contribution in [2.45, 2.75) is 32.9 Å². The number of aromatic nitrogens is 1. The van der Waals surface area contributed by atoms with E-state index in [9.17, 15) is 0 Å². The van der Waals surface area contributed by atoms with Crippen LogP contribution in [-0.4, -0.2) is 36.1 Å². The van der Waals surface area contributed by atoms with Crippen LogP contribution in [0.25, 0.3) is 0 Å². The van der Waals surface area contributed by atoms with Crippen LogP contribution in [0, 0.1) is 12.8 Å². The van der Waals surface area contributed by atoms with Gasteiger partial charge in [0.15, 0.2) is 0 Å². The number of nitrogens with zero attached hydrogens (tertiary/aromatic N) is 2. The average Bonchev–Trinajstić information content (AvgIpc) is 2.63. The number of nitrogens with one attached hydrogen (secondary N) is 1. The van der Waals surface area contributed by atoms with Crippen LogP contribution >= 0.6 is 11.3 Å². The summed E-state index contributed by atoms with van der Waals surface area (Å²) in [6, 6.07) is 0.665. The summed E-state index contributed by atoms with van der Waals surface area (Å²) >= 11 is 1.76. The summed E-state index contributed by atoms with van der Waals surface area (Å²) in [6.45, 7) is 7.83. The molecular formula is C12H21N3S. The number of likely N-dealkylation sites (tertiary alicyclic amines) is 1. The summed E-state index contributed by atoms with van der Waals surface area (Å²) in [5, 5.41) is 3.68. The van der Waals surface area contributed by atoms with Crippen molar-refractivity contribution in [1.82, 2.24) is 15.2 Å². The van der Waals surface area contributed by atoms with E-state index < -0.39 is 0 Å². The second-order valence-electron chi connectivity index (χ2n) is 4.88. The Morgan fingerprint density at radius 3 is 3.06 bits per heavy atom. The minimum absolute atomic E-state index is 0.665. The molecule has 0 aromatic carbocycles. The van der Waals surface area contributed by atoms with E-state index in [4.69, 9.17) is 0 Å². The van der Waals surface area contributed by atoms with Crippen LogP contribution in [0.1, 0.15) is 23.9 Å². The van der Waals surface area contributed by atoms with Gasteiger partial charge in [-0.3, -0.25) is 0 Å². The number of hydrogen-bond donors (Lipinski definition) is 1. The third-order valence-electron chi connectivity index (χ3n) is 3.48. The first-order valence-corrected chi connectivity index (χ1v) is 6.85. The Kier molecular flexibility index (Phi) is 3.95. The zero-order chi connectivity index (χ0) is 11.5. The second kappa shape index (κ2) is 5.25. The van der Waals surface area contributed by atoms with Crippen LogP contribution < -0.4 is 5.32 Å². The number of piperidine rings is 1. The molecular weight excluding hydrogens is 218 g/mol. The second-order valence-corrected chi connectivity index (χ2v) is 5.82. The van der Waals surface area contributed by atoms with Crippen LogP contribution in [0.3, 0.4) is 0 Å². The summed E-state index contributed by atoms with van der Waals surface area (Å²) in [5.74, 6) is 0.743. The fourth-order valence-corrected chi connectivity index (χ4v) is 3.11. The zero-order valence-electron chi connectivity index (χ0n) is 10.4. The molecule has 1 aromatic rings. The van der Waals surface area contributed by atoms with Gasteiger partial charge < -0.3 is 10.2 Å². The van der Waals surface area contributed by atoms with E-state index in [-0.39, 0.29) is 0 Å². The van der Waals surface area contributed by atoms with Gasteiger partial charge in [-0.15, -0.1) is 11.3 Å². The quantitative estimate of drug-likeness (QED) is 0.873. The third-order valence-corrected chi connectivity index (χ3v) is 4.41. The molecule has 0 spiro atoms. The molecule has 2 unspecified atom stereocenters. The molecule has 0 aliphatic carbocycles. The van der Waals surface area contributed by atoms with Crippen molar-refractivity contribution in [3.05, 3.63) is 16.1 Å². The van der Waals surface area contributed by atoms with Gasteiger partial charge in [0.25, 0.3) is 0 Å². The maximum Gasteiger partial charge on any atom is 0.0798 e. The molecule has 90 valence electrons. The van der Waals surface area contributed by atoms with Gasteiger partial charge in [-0.2, -0.15) is 0 Å². The topological polar surface area (TPSA) is 28.2 Å². The van der Waals surface area contributed by atoms with Gasteiger partial charge in [0.05, 0.1) is 11.2 Å². The fourth-order valence-electron chi connectivity index (χ4n) is 2.38. The standard InChI is InChI=1S/C12H21N3S/c1-9-7-15(3)5-4-11(9)13-6-12-10(2)14-8-16-12/h8-9,11,13H,4-7H2,1-3H3. The van der Waals surface area contributed by atoms with Crippen molar-refractivity contribution in [3.63, 3.8) is 0 Å². The summed E-state index contributed by atoms with van der Waals surface area (Å²) in [4.78, 5) is 8.08. The lowest BCUT2D eigenvalue weighted by Gasteiger charge is -2.35. The van der Waals surface area contributed by atoms with Gasteiger partial charge in [0.1, 0.15) is 0 Å². The average molecular weight is 239 g/mol. The van der Waals surface area contributed by atoms with Gasteiger partial charge in [-0.05, 0) is 32.9 Å². The van der Waals surface area contributed by atoms with E-state index in [1.54, 1.807) is 11.3 Å². The maximum absolute atomic E-state index is 4.28. The smallest absolute Gasteiger partial charge is 0.0798 e. The summed E-state index contributed by atoms with van der Waals surface area (Å²) in [7, 11) is 2.21. The molecule has 1 aromatic heterocycles. The zero-order valence-corrected chi connectivity index (χ0v) is 11.2. The van der Waals surface area contributed by atoms with E-state index in [0.29, 0.717) is 6.04 Å². The lowest BCUT2D eigenvalue weighted by Crippen LogP contribution is -2.46. The highest BCUT2D eigenvalue weighted by Crippen LogP contribution is 2.17. The first-order valence-electron chi connectivity index (χ1n) is 5.97. The van der Waals surface area contributed by atoms with E-state index in [2.05, 4.69) is 36.1 Å². The first kappa shape index (κ1) is 12.0. The van der Waals surface area contributed by atoms with E-state index in [0.717, 1.165) is 12.5 Å². The van der Waals surface area contributed by atoms with Crippen LogP contribution in [0.2, 0.25) is 0 Å². The Bertz CT molecular complexity index is 337. The number of rotatable bonds is 3. The normalized spacial score (nSPS) is 27.2. The Morgan fingerprint density at radius 1 is 1.62 bits per heavy atom. The molecule has 2 atom stereocenters. The molecule has 1 saturated heterocycles. The Hall–Kier alpha value is -0.450. The molecule has 1 N–H and O–H groups in total. The van der Waals surface area contributed by atoms with Crippen molar-refractivity contribution in [1.29, 1.82) is 0 Å². The summed E-state index contributed by atoms with van der Waals surface area (Å²) in [5.41, 5.74) is 3.11. The molecule has 16 heavy (non-hydrogen) atoms. The lowest BCUT2D eigenvalue weighted by atomic mass is 9.94. The molecule has 0 bridgehead atoms. The molecule has 0 saturated carbocycles. The molecule has 2 rings (SSSR count). The van der Waals surface area contributed by atoms with Gasteiger partial charge >= 0.3 is 0 Å². The predicted molar refractivity (Wildman–Crippen MR) is 68.8 cm³/mol. The van der Waals surface area contributed by atoms with Crippen molar-refractivity contribution >= 4 is 11.3 Å². The van der Waals surface area contributed by atoms with Crippen LogP contribution in [0.4, 0.5) is 0 Å². The molecule has 2 heterocycles. The van der Waals surface area contributed by atoms with Gasteiger partial charge in [-0.1, -0.05) is 6.92 Å². The van der Waals surface area contributed by atoms with E-state index in [1.165, 1.54) is 30.1 Å². The maximum atomic E-state index is 4.28. The highest BCUT2D eigenvalue weighted by molar-refractivity contribution is 7.09.